The highest BCUT2D eigenvalue weighted by atomic mass is 16.5. The van der Waals surface area contributed by atoms with Crippen LogP contribution in [-0.2, 0) is 21.5 Å². The molecule has 1 atom stereocenters. The second kappa shape index (κ2) is 10.3. The molecule has 0 aromatic heterocycles. The number of carbonyl (C=O) groups excluding carboxylic acids is 2. The fourth-order valence-corrected chi connectivity index (χ4v) is 4.76. The third-order valence-corrected chi connectivity index (χ3v) is 6.90. The zero-order chi connectivity index (χ0) is 26.9. The maximum absolute atomic E-state index is 13.5. The molecule has 0 saturated carbocycles. The summed E-state index contributed by atoms with van der Waals surface area (Å²) in [6, 6.07) is 20.3. The number of aliphatic hydroxyl groups is 1. The Hall–Kier alpha value is -3.86. The number of Topliss-reactive ketones (excluding diaryl/α,β-unsaturated/α-hetero) is 1. The fraction of sp³-hybridized carbons (Fsp3) is 0.312. The van der Waals surface area contributed by atoms with Gasteiger partial charge in [0.05, 0.1) is 18.2 Å². The largest absolute Gasteiger partial charge is 0.507 e. The average Bonchev–Trinajstić information content (AvgIpc) is 3.10. The quantitative estimate of drug-likeness (QED) is 0.236. The lowest BCUT2D eigenvalue weighted by Gasteiger charge is -2.27. The maximum Gasteiger partial charge on any atom is 0.295 e. The van der Waals surface area contributed by atoms with E-state index in [1.807, 2.05) is 63.2 Å². The van der Waals surface area contributed by atoms with E-state index in [2.05, 4.69) is 20.8 Å². The predicted octanol–water partition coefficient (Wildman–Crippen LogP) is 6.62. The Labute approximate surface area is 219 Å². The lowest BCUT2D eigenvalue weighted by molar-refractivity contribution is -0.140. The number of ketones is 1. The number of nitrogens with zero attached hydrogens (tertiary/aromatic N) is 1. The van der Waals surface area contributed by atoms with Gasteiger partial charge < -0.3 is 14.7 Å². The molecule has 4 rings (SSSR count). The highest BCUT2D eigenvalue weighted by molar-refractivity contribution is 6.46. The van der Waals surface area contributed by atoms with E-state index < -0.39 is 17.7 Å². The predicted molar refractivity (Wildman–Crippen MR) is 147 cm³/mol. The minimum Gasteiger partial charge on any atom is -0.507 e. The number of hydrogen-bond donors (Lipinski definition) is 1. The van der Waals surface area contributed by atoms with Crippen LogP contribution in [0.15, 0.2) is 72.3 Å². The molecule has 37 heavy (non-hydrogen) atoms. The van der Waals surface area contributed by atoms with Gasteiger partial charge in [-0.15, -0.1) is 0 Å². The normalized spacial score (nSPS) is 17.4. The number of rotatable bonds is 6. The number of likely N-dealkylation sites (tertiary alicyclic amines) is 1. The van der Waals surface area contributed by atoms with Crippen molar-refractivity contribution in [2.24, 2.45) is 0 Å². The smallest absolute Gasteiger partial charge is 0.295 e. The molecule has 1 unspecified atom stereocenters. The molecule has 1 heterocycles. The van der Waals surface area contributed by atoms with Crippen molar-refractivity contribution in [3.63, 3.8) is 0 Å². The van der Waals surface area contributed by atoms with E-state index in [4.69, 9.17) is 4.74 Å². The van der Waals surface area contributed by atoms with Crippen molar-refractivity contribution >= 4 is 17.4 Å². The molecule has 0 spiro atoms. The lowest BCUT2D eigenvalue weighted by atomic mass is 9.85. The van der Waals surface area contributed by atoms with E-state index in [1.54, 1.807) is 29.2 Å². The number of hydrogen-bond acceptors (Lipinski definition) is 4. The molecule has 1 amide bonds. The topological polar surface area (TPSA) is 66.8 Å². The molecule has 1 fully saturated rings. The van der Waals surface area contributed by atoms with Gasteiger partial charge in [-0.1, -0.05) is 80.9 Å². The summed E-state index contributed by atoms with van der Waals surface area (Å²) >= 11 is 0. The van der Waals surface area contributed by atoms with Gasteiger partial charge in [0, 0.05) is 12.1 Å². The van der Waals surface area contributed by atoms with Crippen molar-refractivity contribution in [1.29, 1.82) is 0 Å². The van der Waals surface area contributed by atoms with E-state index in [0.717, 1.165) is 27.8 Å². The van der Waals surface area contributed by atoms with Gasteiger partial charge in [0.25, 0.3) is 11.7 Å². The molecule has 0 radical (unpaired) electrons. The van der Waals surface area contributed by atoms with Crippen molar-refractivity contribution in [2.75, 3.05) is 6.61 Å². The first kappa shape index (κ1) is 26.2. The minimum atomic E-state index is -0.718. The van der Waals surface area contributed by atoms with E-state index in [0.29, 0.717) is 17.9 Å². The van der Waals surface area contributed by atoms with Gasteiger partial charge in [0.15, 0.2) is 0 Å². The number of aryl methyl sites for hydroxylation is 2. The van der Waals surface area contributed by atoms with Crippen LogP contribution < -0.4 is 4.74 Å². The van der Waals surface area contributed by atoms with Crippen molar-refractivity contribution in [2.45, 2.75) is 59.5 Å². The van der Waals surface area contributed by atoms with Crippen LogP contribution in [0.5, 0.6) is 5.75 Å². The monoisotopic (exact) mass is 497 g/mol. The van der Waals surface area contributed by atoms with Gasteiger partial charge in [-0.2, -0.15) is 0 Å². The molecule has 5 nitrogen and oxygen atoms in total. The van der Waals surface area contributed by atoms with Crippen LogP contribution in [0.25, 0.3) is 5.76 Å². The summed E-state index contributed by atoms with van der Waals surface area (Å²) in [5.74, 6) is -0.918. The van der Waals surface area contributed by atoms with Crippen LogP contribution in [0.1, 0.15) is 67.1 Å². The standard InChI is InChI=1S/C32H35NO4/c1-7-37-26-10-8-9-23(18-26)29(34)27-28(22-13-15-25(16-14-22)32(4,5)6)33(31(36)30(27)35)19-24-17-20(2)11-12-21(24)3/h8-18,28,34H,7,19H2,1-6H3/b29-27-. The fourth-order valence-electron chi connectivity index (χ4n) is 4.76. The van der Waals surface area contributed by atoms with Crippen molar-refractivity contribution in [3.05, 3.63) is 106 Å². The molecule has 5 heteroatoms. The van der Waals surface area contributed by atoms with Crippen LogP contribution in [0.4, 0.5) is 0 Å². The van der Waals surface area contributed by atoms with Gasteiger partial charge in [0.2, 0.25) is 0 Å². The molecule has 3 aromatic rings. The highest BCUT2D eigenvalue weighted by Crippen LogP contribution is 2.41. The van der Waals surface area contributed by atoms with E-state index in [9.17, 15) is 14.7 Å². The molecule has 1 aliphatic heterocycles. The number of carbonyl (C=O) groups is 2. The second-order valence-corrected chi connectivity index (χ2v) is 10.7. The summed E-state index contributed by atoms with van der Waals surface area (Å²) in [5.41, 5.74) is 5.50. The Bertz CT molecular complexity index is 1360. The molecule has 1 saturated heterocycles. The molecule has 3 aromatic carbocycles. The molecule has 192 valence electrons. The lowest BCUT2D eigenvalue weighted by Crippen LogP contribution is -2.29. The number of amides is 1. The Kier molecular flexibility index (Phi) is 7.26. The van der Waals surface area contributed by atoms with E-state index in [-0.39, 0.29) is 23.3 Å². The highest BCUT2D eigenvalue weighted by Gasteiger charge is 2.46. The molecular weight excluding hydrogens is 462 g/mol. The number of aliphatic hydroxyl groups excluding tert-OH is 1. The first-order valence-electron chi connectivity index (χ1n) is 12.7. The molecule has 1 N–H and O–H groups in total. The first-order chi connectivity index (χ1) is 17.5. The summed E-state index contributed by atoms with van der Waals surface area (Å²) in [5, 5.41) is 11.4. The Morgan fingerprint density at radius 1 is 0.973 bits per heavy atom. The zero-order valence-electron chi connectivity index (χ0n) is 22.5. The molecular formula is C32H35NO4. The third kappa shape index (κ3) is 5.31. The van der Waals surface area contributed by atoms with Crippen molar-refractivity contribution in [3.8, 4) is 5.75 Å². The Balaban J connectivity index is 1.87. The Morgan fingerprint density at radius 3 is 2.32 bits per heavy atom. The summed E-state index contributed by atoms with van der Waals surface area (Å²) in [6.07, 6.45) is 0. The van der Waals surface area contributed by atoms with Gasteiger partial charge in [0.1, 0.15) is 11.5 Å². The molecule has 0 aliphatic carbocycles. The second-order valence-electron chi connectivity index (χ2n) is 10.7. The van der Waals surface area contributed by atoms with Crippen molar-refractivity contribution in [1.82, 2.24) is 4.90 Å². The van der Waals surface area contributed by atoms with Crippen LogP contribution in [0, 0.1) is 13.8 Å². The van der Waals surface area contributed by atoms with Crippen LogP contribution in [-0.4, -0.2) is 28.3 Å². The summed E-state index contributed by atoms with van der Waals surface area (Å²) in [4.78, 5) is 28.5. The minimum absolute atomic E-state index is 0.0429. The molecule has 1 aliphatic rings. The van der Waals surface area contributed by atoms with Crippen molar-refractivity contribution < 1.29 is 19.4 Å². The van der Waals surface area contributed by atoms with Gasteiger partial charge >= 0.3 is 0 Å². The Morgan fingerprint density at radius 2 is 1.68 bits per heavy atom. The summed E-state index contributed by atoms with van der Waals surface area (Å²) in [7, 11) is 0. The first-order valence-corrected chi connectivity index (χ1v) is 12.7. The van der Waals surface area contributed by atoms with Gasteiger partial charge in [-0.05, 0) is 60.6 Å². The van der Waals surface area contributed by atoms with Gasteiger partial charge in [-0.3, -0.25) is 9.59 Å². The van der Waals surface area contributed by atoms with Crippen LogP contribution >= 0.6 is 0 Å². The van der Waals surface area contributed by atoms with E-state index in [1.165, 1.54) is 0 Å². The van der Waals surface area contributed by atoms with Crippen LogP contribution in [0.3, 0.4) is 0 Å². The van der Waals surface area contributed by atoms with Gasteiger partial charge in [-0.25, -0.2) is 0 Å². The number of benzene rings is 3. The maximum atomic E-state index is 13.5. The third-order valence-electron chi connectivity index (χ3n) is 6.90. The summed E-state index contributed by atoms with van der Waals surface area (Å²) < 4.78 is 5.59. The molecule has 0 bridgehead atoms. The zero-order valence-corrected chi connectivity index (χ0v) is 22.5. The number of ether oxygens (including phenoxy) is 1. The summed E-state index contributed by atoms with van der Waals surface area (Å²) in [6.45, 7) is 13.0. The SMILES string of the molecule is CCOc1cccc(/C(O)=C2/C(=O)C(=O)N(Cc3cc(C)ccc3C)C2c2ccc(C(C)(C)C)cc2)c1. The van der Waals surface area contributed by atoms with Crippen LogP contribution in [0.2, 0.25) is 0 Å². The van der Waals surface area contributed by atoms with E-state index >= 15 is 0 Å². The average molecular weight is 498 g/mol.